The second-order valence-corrected chi connectivity index (χ2v) is 4.62. The lowest BCUT2D eigenvalue weighted by atomic mass is 10.1. The third kappa shape index (κ3) is 2.52. The van der Waals surface area contributed by atoms with Crippen molar-refractivity contribution >= 4 is 5.95 Å². The van der Waals surface area contributed by atoms with E-state index in [2.05, 4.69) is 15.1 Å². The minimum Gasteiger partial charge on any atom is -0.336 e. The molecule has 6 nitrogen and oxygen atoms in total. The van der Waals surface area contributed by atoms with Crippen molar-refractivity contribution in [2.24, 2.45) is 0 Å². The van der Waals surface area contributed by atoms with Gasteiger partial charge in [0.05, 0.1) is 17.8 Å². The van der Waals surface area contributed by atoms with Crippen molar-refractivity contribution in [1.82, 2.24) is 19.7 Å². The zero-order chi connectivity index (χ0) is 15.0. The Kier molecular flexibility index (Phi) is 3.01. The number of anilines is 1. The molecule has 0 saturated carbocycles. The van der Waals surface area contributed by atoms with Crippen LogP contribution >= 0.6 is 0 Å². The molecule has 0 amide bonds. The summed E-state index contributed by atoms with van der Waals surface area (Å²) >= 11 is 0. The summed E-state index contributed by atoms with van der Waals surface area (Å²) in [5, 5.41) is 12.8. The highest BCUT2D eigenvalue weighted by molar-refractivity contribution is 5.36. The molecule has 0 spiro atoms. The summed E-state index contributed by atoms with van der Waals surface area (Å²) in [4.78, 5) is 9.01. The van der Waals surface area contributed by atoms with E-state index in [0.29, 0.717) is 18.7 Å². The lowest BCUT2D eigenvalue weighted by molar-refractivity contribution is -0.141. The molecule has 0 unspecified atom stereocenters. The van der Waals surface area contributed by atoms with Gasteiger partial charge >= 0.3 is 6.18 Å². The van der Waals surface area contributed by atoms with Crippen molar-refractivity contribution in [2.75, 3.05) is 18.0 Å². The Labute approximate surface area is 117 Å². The highest BCUT2D eigenvalue weighted by atomic mass is 19.4. The number of rotatable bonds is 2. The number of hydrogen-bond donors (Lipinski definition) is 0. The van der Waals surface area contributed by atoms with Crippen molar-refractivity contribution in [2.45, 2.75) is 12.2 Å². The fraction of sp³-hybridized carbons (Fsp3) is 0.333. The van der Waals surface area contributed by atoms with E-state index in [1.165, 1.54) is 6.20 Å². The van der Waals surface area contributed by atoms with Gasteiger partial charge in [0.2, 0.25) is 5.95 Å². The molecule has 9 heteroatoms. The van der Waals surface area contributed by atoms with Gasteiger partial charge in [0.15, 0.2) is 0 Å². The smallest absolute Gasteiger partial charge is 0.336 e. The molecular formula is C12H9F3N6. The van der Waals surface area contributed by atoms with E-state index in [-0.39, 0.29) is 12.0 Å². The maximum Gasteiger partial charge on any atom is 0.433 e. The molecule has 0 radical (unpaired) electrons. The van der Waals surface area contributed by atoms with Crippen LogP contribution in [0.3, 0.4) is 0 Å². The topological polar surface area (TPSA) is 70.6 Å². The summed E-state index contributed by atoms with van der Waals surface area (Å²) in [5.41, 5.74) is -0.509. The van der Waals surface area contributed by atoms with E-state index in [9.17, 15) is 13.2 Å². The Hall–Kier alpha value is -2.63. The lowest BCUT2D eigenvalue weighted by Crippen LogP contribution is -2.48. The van der Waals surface area contributed by atoms with Crippen LogP contribution in [0.15, 0.2) is 24.7 Å². The monoisotopic (exact) mass is 294 g/mol. The Morgan fingerprint density at radius 2 is 2.10 bits per heavy atom. The summed E-state index contributed by atoms with van der Waals surface area (Å²) in [7, 11) is 0. The molecular weight excluding hydrogens is 285 g/mol. The Balaban J connectivity index is 1.70. The molecule has 1 aliphatic heterocycles. The van der Waals surface area contributed by atoms with Crippen molar-refractivity contribution in [3.05, 3.63) is 35.9 Å². The Bertz CT molecular complexity index is 696. The number of aromatic nitrogens is 4. The molecule has 0 aliphatic carbocycles. The van der Waals surface area contributed by atoms with Gasteiger partial charge in [0.1, 0.15) is 11.8 Å². The molecule has 0 atom stereocenters. The van der Waals surface area contributed by atoms with Gasteiger partial charge in [-0.25, -0.2) is 9.97 Å². The molecule has 1 saturated heterocycles. The van der Waals surface area contributed by atoms with Gasteiger partial charge in [-0.15, -0.1) is 0 Å². The first-order valence-corrected chi connectivity index (χ1v) is 6.07. The summed E-state index contributed by atoms with van der Waals surface area (Å²) < 4.78 is 39.4. The first kappa shape index (κ1) is 13.4. The van der Waals surface area contributed by atoms with Crippen molar-refractivity contribution in [3.8, 4) is 6.07 Å². The number of alkyl halides is 3. The van der Waals surface area contributed by atoms with Crippen LogP contribution in [-0.4, -0.2) is 32.8 Å². The van der Waals surface area contributed by atoms with Gasteiger partial charge < -0.3 is 4.90 Å². The average molecular weight is 294 g/mol. The van der Waals surface area contributed by atoms with Gasteiger partial charge in [0, 0.05) is 25.5 Å². The first-order valence-electron chi connectivity index (χ1n) is 6.07. The molecule has 0 aromatic carbocycles. The number of nitriles is 1. The lowest BCUT2D eigenvalue weighted by Gasteiger charge is -2.39. The molecule has 3 rings (SSSR count). The van der Waals surface area contributed by atoms with Crippen LogP contribution < -0.4 is 4.90 Å². The zero-order valence-corrected chi connectivity index (χ0v) is 10.6. The van der Waals surface area contributed by atoms with Crippen molar-refractivity contribution < 1.29 is 13.2 Å². The molecule has 1 aliphatic rings. The second-order valence-electron chi connectivity index (χ2n) is 4.62. The van der Waals surface area contributed by atoms with E-state index in [4.69, 9.17) is 5.26 Å². The number of halogens is 3. The van der Waals surface area contributed by atoms with Crippen LogP contribution in [0.25, 0.3) is 0 Å². The van der Waals surface area contributed by atoms with Crippen molar-refractivity contribution in [3.63, 3.8) is 0 Å². The summed E-state index contributed by atoms with van der Waals surface area (Å²) in [5.74, 6) is 0.0498. The van der Waals surface area contributed by atoms with E-state index >= 15 is 0 Å². The van der Waals surface area contributed by atoms with Crippen molar-refractivity contribution in [1.29, 1.82) is 5.26 Å². The minimum absolute atomic E-state index is 0.00485. The summed E-state index contributed by atoms with van der Waals surface area (Å²) in [6, 6.07) is 2.82. The standard InChI is InChI=1S/C12H9F3N6/c13-12(14,15)10-1-2-17-11(19-10)20-6-9(7-20)21-5-8(3-16)4-18-21/h1-2,4-5,9H,6-7H2. The van der Waals surface area contributed by atoms with Gasteiger partial charge in [-0.1, -0.05) is 0 Å². The molecule has 2 aromatic rings. The fourth-order valence-corrected chi connectivity index (χ4v) is 2.04. The Morgan fingerprint density at radius 3 is 2.71 bits per heavy atom. The SMILES string of the molecule is N#Cc1cnn(C2CN(c3nccc(C(F)(F)F)n3)C2)c1. The van der Waals surface area contributed by atoms with Crippen LogP contribution in [0.4, 0.5) is 19.1 Å². The molecule has 3 heterocycles. The van der Waals surface area contributed by atoms with Crippen LogP contribution in [0.2, 0.25) is 0 Å². The van der Waals surface area contributed by atoms with Gasteiger partial charge in [-0.3, -0.25) is 4.68 Å². The van der Waals surface area contributed by atoms with Gasteiger partial charge in [0.25, 0.3) is 0 Å². The van der Waals surface area contributed by atoms with Crippen LogP contribution in [0, 0.1) is 11.3 Å². The number of nitrogens with zero attached hydrogens (tertiary/aromatic N) is 6. The third-order valence-corrected chi connectivity index (χ3v) is 3.18. The van der Waals surface area contributed by atoms with E-state index < -0.39 is 11.9 Å². The highest BCUT2D eigenvalue weighted by Gasteiger charge is 2.35. The van der Waals surface area contributed by atoms with Crippen LogP contribution in [0.1, 0.15) is 17.3 Å². The van der Waals surface area contributed by atoms with E-state index in [0.717, 1.165) is 12.3 Å². The average Bonchev–Trinajstić information content (AvgIpc) is 2.85. The predicted molar refractivity (Wildman–Crippen MR) is 65.2 cm³/mol. The largest absolute Gasteiger partial charge is 0.433 e. The molecule has 2 aromatic heterocycles. The molecule has 1 fully saturated rings. The third-order valence-electron chi connectivity index (χ3n) is 3.18. The Morgan fingerprint density at radius 1 is 1.33 bits per heavy atom. The molecule has 0 N–H and O–H groups in total. The maximum absolute atomic E-state index is 12.6. The quantitative estimate of drug-likeness (QED) is 0.841. The molecule has 0 bridgehead atoms. The minimum atomic E-state index is -4.48. The first-order chi connectivity index (χ1) is 9.97. The van der Waals surface area contributed by atoms with Crippen LogP contribution in [0.5, 0.6) is 0 Å². The van der Waals surface area contributed by atoms with E-state index in [1.807, 2.05) is 6.07 Å². The maximum atomic E-state index is 12.6. The normalized spacial score (nSPS) is 15.6. The van der Waals surface area contributed by atoms with Gasteiger partial charge in [-0.05, 0) is 6.07 Å². The predicted octanol–water partition coefficient (Wildman–Crippen LogP) is 1.62. The highest BCUT2D eigenvalue weighted by Crippen LogP contribution is 2.30. The second kappa shape index (κ2) is 4.73. The number of hydrogen-bond acceptors (Lipinski definition) is 5. The molecule has 21 heavy (non-hydrogen) atoms. The van der Waals surface area contributed by atoms with Gasteiger partial charge in [-0.2, -0.15) is 23.5 Å². The van der Waals surface area contributed by atoms with E-state index in [1.54, 1.807) is 15.8 Å². The van der Waals surface area contributed by atoms with Crippen LogP contribution in [-0.2, 0) is 6.18 Å². The molecule has 108 valence electrons. The fourth-order valence-electron chi connectivity index (χ4n) is 2.04. The zero-order valence-electron chi connectivity index (χ0n) is 10.6. The summed E-state index contributed by atoms with van der Waals surface area (Å²) in [6.45, 7) is 0.904. The summed E-state index contributed by atoms with van der Waals surface area (Å²) in [6.07, 6.45) is -0.329.